The van der Waals surface area contributed by atoms with Crippen molar-refractivity contribution in [2.24, 2.45) is 0 Å². The molecule has 0 atom stereocenters. The van der Waals surface area contributed by atoms with Crippen molar-refractivity contribution in [2.45, 2.75) is 143 Å². The summed E-state index contributed by atoms with van der Waals surface area (Å²) in [5.41, 5.74) is 18.0. The number of fused-ring (bicyclic) bond motifs is 4. The fourth-order valence-electron chi connectivity index (χ4n) is 10.6. The van der Waals surface area contributed by atoms with E-state index in [9.17, 15) is 0 Å². The van der Waals surface area contributed by atoms with Gasteiger partial charge in [-0.25, -0.2) is 4.98 Å². The zero-order valence-corrected chi connectivity index (χ0v) is 49.5. The molecule has 0 bridgehead atoms. The first-order valence-corrected chi connectivity index (χ1v) is 26.6. The number of hydrogen-bond donors (Lipinski definition) is 0. The fraction of sp³-hybridized carbons (Fsp3) is 0.314. The molecule has 0 N–H and O–H groups in total. The number of rotatable bonds is 8. The van der Waals surface area contributed by atoms with Crippen LogP contribution in [0.1, 0.15) is 155 Å². The van der Waals surface area contributed by atoms with Crippen LogP contribution in [0.25, 0.3) is 38.8 Å². The molecule has 0 aliphatic carbocycles. The Hall–Kier alpha value is -6.22. The fourth-order valence-corrected chi connectivity index (χ4v) is 10.6. The predicted octanol–water partition coefficient (Wildman–Crippen LogP) is 18.7. The third kappa shape index (κ3) is 10.1. The number of pyridine rings is 1. The van der Waals surface area contributed by atoms with Gasteiger partial charge in [0.1, 0.15) is 5.82 Å². The van der Waals surface area contributed by atoms with E-state index in [0.717, 1.165) is 56.1 Å². The minimum Gasteiger partial charge on any atom is -0.493 e. The first-order valence-electron chi connectivity index (χ1n) is 26.6. The van der Waals surface area contributed by atoms with Crippen molar-refractivity contribution < 1.29 is 21.1 Å². The van der Waals surface area contributed by atoms with Gasteiger partial charge in [0.05, 0.1) is 0 Å². The summed E-state index contributed by atoms with van der Waals surface area (Å²) < 4.78 is 2.34. The molecule has 75 heavy (non-hydrogen) atoms. The molecule has 0 saturated heterocycles. The van der Waals surface area contributed by atoms with Crippen LogP contribution in [0.2, 0.25) is 0 Å². The summed E-state index contributed by atoms with van der Waals surface area (Å²) in [7, 11) is 0. The zero-order chi connectivity index (χ0) is 52.9. The van der Waals surface area contributed by atoms with Gasteiger partial charge in [-0.15, -0.1) is 23.8 Å². The van der Waals surface area contributed by atoms with Crippen LogP contribution in [0.3, 0.4) is 0 Å². The van der Waals surface area contributed by atoms with Crippen molar-refractivity contribution in [3.05, 3.63) is 221 Å². The maximum atomic E-state index is 5.15. The van der Waals surface area contributed by atoms with Crippen LogP contribution in [0, 0.1) is 18.8 Å². The van der Waals surface area contributed by atoms with Gasteiger partial charge in [0.15, 0.2) is 0 Å². The van der Waals surface area contributed by atoms with Crippen LogP contribution in [0.5, 0.6) is 0 Å². The molecular weight excluding hydrogens is 1090 g/mol. The summed E-state index contributed by atoms with van der Waals surface area (Å²) in [6.45, 7) is 39.1. The summed E-state index contributed by atoms with van der Waals surface area (Å²) in [5.74, 6) is 0.874. The van der Waals surface area contributed by atoms with Crippen molar-refractivity contribution in [3.63, 3.8) is 0 Å². The van der Waals surface area contributed by atoms with Crippen LogP contribution in [-0.2, 0) is 53.6 Å². The quantitative estimate of drug-likeness (QED) is 0.142. The van der Waals surface area contributed by atoms with Crippen molar-refractivity contribution in [3.8, 4) is 16.9 Å². The van der Waals surface area contributed by atoms with E-state index in [1.807, 2.05) is 6.20 Å². The SMILES string of the molecule is CC(C)(C)c1ccc(-c2ccc3c(c2)c2ccc(C(C)(C)c4[c-]c(N5[CH-]N(c6cc(C(C)(C)C)cc(C(C)(C)C)c6)c6ccccc65)cc(C(C)(C)C)c4)[c-]c2n3-c2cc(C(C)(C)c3ccccc3)ccn2)cc1.[Pt]. The normalized spacial score (nSPS) is 13.7. The molecule has 0 saturated carbocycles. The van der Waals surface area contributed by atoms with Crippen LogP contribution in [0.4, 0.5) is 22.7 Å². The Labute approximate surface area is 463 Å². The van der Waals surface area contributed by atoms with Gasteiger partial charge in [-0.05, 0) is 114 Å². The molecule has 0 spiro atoms. The van der Waals surface area contributed by atoms with Gasteiger partial charge < -0.3 is 14.4 Å². The maximum absolute atomic E-state index is 5.15. The summed E-state index contributed by atoms with van der Waals surface area (Å²) in [5, 5.41) is 2.32. The zero-order valence-electron chi connectivity index (χ0n) is 47.2. The molecule has 3 heterocycles. The Kier molecular flexibility index (Phi) is 13.7. The third-order valence-corrected chi connectivity index (χ3v) is 15.8. The second kappa shape index (κ2) is 19.1. The standard InChI is InChI=1S/C70H75N4.Pt/c1-65(2,3)48-29-26-46(27-30-48)47-28-33-60-59(36-47)58-32-31-50(43-63(58)74(60)64-44-51(34-35-71-64)69(13,14)49-22-18-17-19-23-49)70(15,16)55-38-54(68(10,11)12)41-57(42-55)73-45-72(61-24-20-21-25-62(61)73)56-39-52(66(4,5)6)37-53(40-56)67(7,8)9;/h17-41,44-45H,1-16H3;/q-3;. The van der Waals surface area contributed by atoms with Crippen LogP contribution in [-0.4, -0.2) is 9.55 Å². The van der Waals surface area contributed by atoms with E-state index in [1.54, 1.807) is 0 Å². The third-order valence-electron chi connectivity index (χ3n) is 15.8. The molecule has 0 fully saturated rings. The molecule has 7 aromatic carbocycles. The van der Waals surface area contributed by atoms with E-state index in [4.69, 9.17) is 4.98 Å². The number of benzene rings is 7. The van der Waals surface area contributed by atoms with Gasteiger partial charge in [0, 0.05) is 55.3 Å². The Morgan fingerprint density at radius 1 is 0.413 bits per heavy atom. The van der Waals surface area contributed by atoms with E-state index >= 15 is 0 Å². The summed E-state index contributed by atoms with van der Waals surface area (Å²) in [6.07, 6.45) is 1.97. The minimum atomic E-state index is -0.502. The van der Waals surface area contributed by atoms with Gasteiger partial charge in [0.2, 0.25) is 0 Å². The first-order chi connectivity index (χ1) is 34.7. The molecule has 2 aromatic heterocycles. The molecule has 0 radical (unpaired) electrons. The van der Waals surface area contributed by atoms with E-state index in [-0.39, 0.29) is 48.1 Å². The van der Waals surface area contributed by atoms with Crippen molar-refractivity contribution in [1.29, 1.82) is 0 Å². The molecule has 1 aliphatic rings. The monoisotopic (exact) mass is 1170 g/mol. The largest absolute Gasteiger partial charge is 0.493 e. The Balaban J connectivity index is 0.00000689. The van der Waals surface area contributed by atoms with Crippen molar-refractivity contribution >= 4 is 44.6 Å². The average Bonchev–Trinajstić information content (AvgIpc) is 3.91. The molecule has 0 amide bonds. The Morgan fingerprint density at radius 2 is 0.987 bits per heavy atom. The van der Waals surface area contributed by atoms with Crippen LogP contribution < -0.4 is 9.80 Å². The number of aromatic nitrogens is 2. The Morgan fingerprint density at radius 3 is 1.60 bits per heavy atom. The molecule has 10 rings (SSSR count). The van der Waals surface area contributed by atoms with Gasteiger partial charge in [0.25, 0.3) is 0 Å². The molecular formula is C70H75N4Pt-3. The van der Waals surface area contributed by atoms with Gasteiger partial charge in [-0.2, -0.15) is 47.0 Å². The van der Waals surface area contributed by atoms with Crippen LogP contribution >= 0.6 is 0 Å². The van der Waals surface area contributed by atoms with Gasteiger partial charge >= 0.3 is 0 Å². The minimum absolute atomic E-state index is 0. The average molecular weight is 1170 g/mol. The van der Waals surface area contributed by atoms with E-state index in [1.165, 1.54) is 49.9 Å². The number of nitrogens with zero attached hydrogens (tertiary/aromatic N) is 4. The Bertz CT molecular complexity index is 3530. The van der Waals surface area contributed by atoms with Crippen molar-refractivity contribution in [1.82, 2.24) is 9.55 Å². The topological polar surface area (TPSA) is 24.3 Å². The molecule has 1 aliphatic heterocycles. The second-order valence-electron chi connectivity index (χ2n) is 26.1. The molecule has 9 aromatic rings. The summed E-state index contributed by atoms with van der Waals surface area (Å²) in [4.78, 5) is 9.87. The number of hydrogen-bond acceptors (Lipinski definition) is 3. The van der Waals surface area contributed by atoms with Crippen LogP contribution in [0.15, 0.2) is 158 Å². The molecule has 388 valence electrons. The van der Waals surface area contributed by atoms with E-state index in [0.29, 0.717) is 0 Å². The van der Waals surface area contributed by atoms with E-state index in [2.05, 4.69) is 296 Å². The summed E-state index contributed by atoms with van der Waals surface area (Å²) in [6, 6.07) is 64.6. The van der Waals surface area contributed by atoms with Crippen molar-refractivity contribution in [2.75, 3.05) is 9.80 Å². The number of anilines is 4. The van der Waals surface area contributed by atoms with E-state index < -0.39 is 5.41 Å². The molecule has 4 nitrogen and oxygen atoms in total. The smallest absolute Gasteiger partial charge is 0.135 e. The molecule has 5 heteroatoms. The predicted molar refractivity (Wildman–Crippen MR) is 315 cm³/mol. The van der Waals surface area contributed by atoms with Gasteiger partial charge in [-0.3, -0.25) is 0 Å². The van der Waals surface area contributed by atoms with Gasteiger partial charge in [-0.1, -0.05) is 201 Å². The maximum Gasteiger partial charge on any atom is 0.135 e. The first kappa shape index (κ1) is 53.6. The molecule has 0 unspecified atom stereocenters. The summed E-state index contributed by atoms with van der Waals surface area (Å²) >= 11 is 0. The number of para-hydroxylation sites is 2. The second-order valence-corrected chi connectivity index (χ2v) is 26.1.